The van der Waals surface area contributed by atoms with Crippen molar-refractivity contribution >= 4 is 5.57 Å². The first-order valence-electron chi connectivity index (χ1n) is 7.44. The lowest BCUT2D eigenvalue weighted by molar-refractivity contribution is 0.295. The summed E-state index contributed by atoms with van der Waals surface area (Å²) in [4.78, 5) is 0. The molecule has 1 saturated carbocycles. The molecule has 1 aromatic carbocycles. The van der Waals surface area contributed by atoms with Crippen LogP contribution in [0.5, 0.6) is 5.75 Å². The highest BCUT2D eigenvalue weighted by Crippen LogP contribution is 2.41. The van der Waals surface area contributed by atoms with Gasteiger partial charge in [0.25, 0.3) is 0 Å². The molecule has 1 aromatic rings. The standard InChI is InChI=1S/C17H23NO/c1-19-15-9-7-14(8-10-15)16-6-5-13-18-17(16)11-3-2-4-12-17/h6-10,18H,2-5,11-13H2,1H3. The molecule has 1 N–H and O–H groups in total. The highest BCUT2D eigenvalue weighted by molar-refractivity contribution is 5.74. The summed E-state index contributed by atoms with van der Waals surface area (Å²) in [6, 6.07) is 8.55. The van der Waals surface area contributed by atoms with E-state index in [4.69, 9.17) is 4.74 Å². The zero-order valence-corrected chi connectivity index (χ0v) is 11.7. The van der Waals surface area contributed by atoms with E-state index in [0.717, 1.165) is 18.7 Å². The fourth-order valence-electron chi connectivity index (χ4n) is 3.58. The summed E-state index contributed by atoms with van der Waals surface area (Å²) in [5, 5.41) is 3.81. The molecule has 102 valence electrons. The molecule has 0 atom stereocenters. The molecular formula is C17H23NO. The van der Waals surface area contributed by atoms with E-state index < -0.39 is 0 Å². The second kappa shape index (κ2) is 5.38. The molecule has 1 heterocycles. The monoisotopic (exact) mass is 257 g/mol. The lowest BCUT2D eigenvalue weighted by Crippen LogP contribution is -2.49. The van der Waals surface area contributed by atoms with E-state index in [1.807, 2.05) is 0 Å². The predicted molar refractivity (Wildman–Crippen MR) is 79.4 cm³/mol. The largest absolute Gasteiger partial charge is 0.497 e. The average molecular weight is 257 g/mol. The molecule has 0 saturated heterocycles. The van der Waals surface area contributed by atoms with Crippen LogP contribution in [0.15, 0.2) is 30.3 Å². The van der Waals surface area contributed by atoms with Gasteiger partial charge in [-0.25, -0.2) is 0 Å². The van der Waals surface area contributed by atoms with Crippen LogP contribution in [-0.2, 0) is 0 Å². The second-order valence-electron chi connectivity index (χ2n) is 5.70. The number of benzene rings is 1. The van der Waals surface area contributed by atoms with Gasteiger partial charge in [0.1, 0.15) is 5.75 Å². The number of ether oxygens (including phenoxy) is 1. The minimum Gasteiger partial charge on any atom is -0.497 e. The van der Waals surface area contributed by atoms with Crippen molar-refractivity contribution in [1.29, 1.82) is 0 Å². The van der Waals surface area contributed by atoms with Gasteiger partial charge >= 0.3 is 0 Å². The third kappa shape index (κ3) is 2.42. The van der Waals surface area contributed by atoms with E-state index in [-0.39, 0.29) is 5.54 Å². The molecular weight excluding hydrogens is 234 g/mol. The van der Waals surface area contributed by atoms with E-state index >= 15 is 0 Å². The van der Waals surface area contributed by atoms with Crippen molar-refractivity contribution in [2.45, 2.75) is 44.1 Å². The van der Waals surface area contributed by atoms with Gasteiger partial charge in [-0.15, -0.1) is 0 Å². The van der Waals surface area contributed by atoms with E-state index in [0.29, 0.717) is 0 Å². The molecule has 19 heavy (non-hydrogen) atoms. The van der Waals surface area contributed by atoms with Crippen molar-refractivity contribution in [3.8, 4) is 5.75 Å². The Morgan fingerprint density at radius 3 is 2.47 bits per heavy atom. The second-order valence-corrected chi connectivity index (χ2v) is 5.70. The molecule has 1 fully saturated rings. The molecule has 2 aliphatic rings. The van der Waals surface area contributed by atoms with Gasteiger partial charge in [-0.3, -0.25) is 0 Å². The number of nitrogens with one attached hydrogen (secondary N) is 1. The van der Waals surface area contributed by atoms with E-state index in [1.165, 1.54) is 43.2 Å². The summed E-state index contributed by atoms with van der Waals surface area (Å²) in [5.74, 6) is 0.936. The molecule has 0 bridgehead atoms. The predicted octanol–water partition coefficient (Wildman–Crippen LogP) is 3.77. The first-order chi connectivity index (χ1) is 9.34. The van der Waals surface area contributed by atoms with E-state index in [9.17, 15) is 0 Å². The third-order valence-electron chi connectivity index (χ3n) is 4.58. The van der Waals surface area contributed by atoms with Gasteiger partial charge < -0.3 is 10.1 Å². The Bertz CT molecular complexity index is 455. The van der Waals surface area contributed by atoms with Crippen molar-refractivity contribution in [2.24, 2.45) is 0 Å². The van der Waals surface area contributed by atoms with E-state index in [2.05, 4.69) is 35.7 Å². The van der Waals surface area contributed by atoms with Crippen LogP contribution >= 0.6 is 0 Å². The van der Waals surface area contributed by atoms with Crippen LogP contribution < -0.4 is 10.1 Å². The quantitative estimate of drug-likeness (QED) is 0.870. The molecule has 3 rings (SSSR count). The fourth-order valence-corrected chi connectivity index (χ4v) is 3.58. The zero-order valence-electron chi connectivity index (χ0n) is 11.7. The minimum atomic E-state index is 0.241. The Hall–Kier alpha value is -1.28. The SMILES string of the molecule is COc1ccc(C2=CCCNC23CCCCC3)cc1. The van der Waals surface area contributed by atoms with Gasteiger partial charge in [0.2, 0.25) is 0 Å². The number of rotatable bonds is 2. The molecule has 1 aliphatic carbocycles. The maximum Gasteiger partial charge on any atom is 0.118 e. The van der Waals surface area contributed by atoms with Gasteiger partial charge in [0, 0.05) is 5.54 Å². The third-order valence-corrected chi connectivity index (χ3v) is 4.58. The number of methoxy groups -OCH3 is 1. The van der Waals surface area contributed by atoms with Gasteiger partial charge in [-0.2, -0.15) is 0 Å². The van der Waals surface area contributed by atoms with Crippen LogP contribution in [0, 0.1) is 0 Å². The van der Waals surface area contributed by atoms with Crippen LogP contribution in [0.4, 0.5) is 0 Å². The van der Waals surface area contributed by atoms with Gasteiger partial charge in [-0.05, 0) is 49.1 Å². The summed E-state index contributed by atoms with van der Waals surface area (Å²) >= 11 is 0. The summed E-state index contributed by atoms with van der Waals surface area (Å²) in [6.45, 7) is 1.12. The number of hydrogen-bond acceptors (Lipinski definition) is 2. The first-order valence-corrected chi connectivity index (χ1v) is 7.44. The highest BCUT2D eigenvalue weighted by Gasteiger charge is 2.37. The molecule has 0 radical (unpaired) electrons. The summed E-state index contributed by atoms with van der Waals surface area (Å²) < 4.78 is 5.26. The normalized spacial score (nSPS) is 22.1. The van der Waals surface area contributed by atoms with Crippen molar-refractivity contribution in [1.82, 2.24) is 5.32 Å². The maximum atomic E-state index is 5.26. The van der Waals surface area contributed by atoms with Crippen molar-refractivity contribution in [3.63, 3.8) is 0 Å². The zero-order chi connectivity index (χ0) is 13.1. The van der Waals surface area contributed by atoms with Gasteiger partial charge in [0.15, 0.2) is 0 Å². The molecule has 2 heteroatoms. The lowest BCUT2D eigenvalue weighted by atomic mass is 9.72. The fraction of sp³-hybridized carbons (Fsp3) is 0.529. The van der Waals surface area contributed by atoms with Crippen LogP contribution in [0.25, 0.3) is 5.57 Å². The molecule has 1 aliphatic heterocycles. The Morgan fingerprint density at radius 1 is 1.05 bits per heavy atom. The summed E-state index contributed by atoms with van der Waals surface area (Å²) in [7, 11) is 1.72. The Morgan fingerprint density at radius 2 is 1.79 bits per heavy atom. The van der Waals surface area contributed by atoms with Gasteiger partial charge in [-0.1, -0.05) is 37.5 Å². The molecule has 0 aromatic heterocycles. The highest BCUT2D eigenvalue weighted by atomic mass is 16.5. The van der Waals surface area contributed by atoms with Gasteiger partial charge in [0.05, 0.1) is 7.11 Å². The Balaban J connectivity index is 1.93. The maximum absolute atomic E-state index is 5.26. The van der Waals surface area contributed by atoms with Crippen LogP contribution in [0.3, 0.4) is 0 Å². The van der Waals surface area contributed by atoms with Crippen LogP contribution in [-0.4, -0.2) is 19.2 Å². The van der Waals surface area contributed by atoms with Crippen LogP contribution in [0.2, 0.25) is 0 Å². The summed E-state index contributed by atoms with van der Waals surface area (Å²) in [5.41, 5.74) is 3.11. The van der Waals surface area contributed by atoms with Crippen molar-refractivity contribution in [3.05, 3.63) is 35.9 Å². The average Bonchev–Trinajstić information content (AvgIpc) is 2.49. The number of hydrogen-bond donors (Lipinski definition) is 1. The van der Waals surface area contributed by atoms with Crippen molar-refractivity contribution < 1.29 is 4.74 Å². The first kappa shape index (κ1) is 12.7. The van der Waals surface area contributed by atoms with E-state index in [1.54, 1.807) is 7.11 Å². The molecule has 1 spiro atoms. The Kier molecular flexibility index (Phi) is 3.61. The summed E-state index contributed by atoms with van der Waals surface area (Å²) in [6.07, 6.45) is 10.2. The Labute approximate surface area is 115 Å². The smallest absolute Gasteiger partial charge is 0.118 e. The molecule has 0 amide bonds. The van der Waals surface area contributed by atoms with Crippen LogP contribution in [0.1, 0.15) is 44.1 Å². The minimum absolute atomic E-state index is 0.241. The molecule has 0 unspecified atom stereocenters. The topological polar surface area (TPSA) is 21.3 Å². The molecule has 2 nitrogen and oxygen atoms in total. The van der Waals surface area contributed by atoms with Crippen molar-refractivity contribution in [2.75, 3.05) is 13.7 Å². The lowest BCUT2D eigenvalue weighted by Gasteiger charge is -2.43.